The molecule has 7 unspecified atom stereocenters. The maximum Gasteiger partial charge on any atom is 0.302 e. The molecule has 3 heteroatoms. The predicted molar refractivity (Wildman–Crippen MR) is 142 cm³/mol. The summed E-state index contributed by atoms with van der Waals surface area (Å²) < 4.78 is 6.35. The number of hydrogen-bond acceptors (Lipinski definition) is 2. The van der Waals surface area contributed by atoms with Crippen LogP contribution >= 0.6 is 22.6 Å². The Bertz CT molecular complexity index is 676. The minimum atomic E-state index is -0.0904. The van der Waals surface area contributed by atoms with E-state index in [0.717, 1.165) is 47.8 Å². The largest absolute Gasteiger partial charge is 0.461 e. The molecule has 10 atom stereocenters. The van der Waals surface area contributed by atoms with Crippen molar-refractivity contribution in [3.05, 3.63) is 0 Å². The summed E-state index contributed by atoms with van der Waals surface area (Å²) in [5.74, 6) is 6.08. The number of rotatable bonds is 6. The Hall–Kier alpha value is 0.200. The molecule has 0 amide bonds. The predicted octanol–water partition coefficient (Wildman–Crippen LogP) is 8.45. The van der Waals surface area contributed by atoms with Crippen molar-refractivity contribution in [1.29, 1.82) is 0 Å². The Labute approximate surface area is 211 Å². The van der Waals surface area contributed by atoms with E-state index in [0.29, 0.717) is 14.8 Å². The van der Waals surface area contributed by atoms with E-state index in [9.17, 15) is 4.79 Å². The van der Waals surface area contributed by atoms with E-state index in [-0.39, 0.29) is 12.1 Å². The van der Waals surface area contributed by atoms with Gasteiger partial charge in [0.1, 0.15) is 6.10 Å². The molecule has 184 valence electrons. The van der Waals surface area contributed by atoms with Crippen molar-refractivity contribution in [2.24, 2.45) is 52.3 Å². The second-order valence-corrected chi connectivity index (χ2v) is 14.9. The summed E-state index contributed by atoms with van der Waals surface area (Å²) in [7, 11) is 0. The number of alkyl halides is 1. The summed E-state index contributed by atoms with van der Waals surface area (Å²) in [5.41, 5.74) is 0.935. The minimum absolute atomic E-state index is 0.0904. The van der Waals surface area contributed by atoms with E-state index in [1.807, 2.05) is 0 Å². The first-order valence-corrected chi connectivity index (χ1v) is 15.1. The monoisotopic (exact) mass is 556 g/mol. The normalized spacial score (nSPS) is 46.8. The number of carbonyl (C=O) groups is 1. The first-order chi connectivity index (χ1) is 15.1. The van der Waals surface area contributed by atoms with Gasteiger partial charge in [0.15, 0.2) is 0 Å². The van der Waals surface area contributed by atoms with Crippen molar-refractivity contribution in [2.45, 2.75) is 122 Å². The number of ether oxygens (including phenoxy) is 1. The van der Waals surface area contributed by atoms with Crippen LogP contribution in [-0.2, 0) is 9.53 Å². The second-order valence-electron chi connectivity index (χ2n) is 13.3. The smallest absolute Gasteiger partial charge is 0.302 e. The van der Waals surface area contributed by atoms with Gasteiger partial charge in [0.25, 0.3) is 0 Å². The molecule has 4 fully saturated rings. The lowest BCUT2D eigenvalue weighted by Crippen LogP contribution is -2.56. The van der Waals surface area contributed by atoms with Crippen molar-refractivity contribution in [2.75, 3.05) is 0 Å². The first-order valence-electron chi connectivity index (χ1n) is 13.9. The molecular formula is C29H49IO2. The van der Waals surface area contributed by atoms with E-state index in [2.05, 4.69) is 57.2 Å². The summed E-state index contributed by atoms with van der Waals surface area (Å²) in [6, 6.07) is 0. The number of halogens is 1. The molecular weight excluding hydrogens is 507 g/mol. The Kier molecular flexibility index (Phi) is 7.66. The summed E-state index contributed by atoms with van der Waals surface area (Å²) in [6.07, 6.45) is 15.4. The van der Waals surface area contributed by atoms with Crippen LogP contribution < -0.4 is 0 Å². The SMILES string of the molecule is CC(=O)OC1CC2(C)C3CCC4(C)C(CCC4[C@H](C)CCCC(C)C)C3CC[C@H]2C[C@@H]1I. The molecule has 4 aliphatic rings. The zero-order valence-electron chi connectivity index (χ0n) is 21.7. The van der Waals surface area contributed by atoms with Gasteiger partial charge in [0, 0.05) is 10.8 Å². The van der Waals surface area contributed by atoms with Gasteiger partial charge in [-0.1, -0.05) is 76.5 Å². The molecule has 0 aliphatic heterocycles. The molecule has 2 nitrogen and oxygen atoms in total. The quantitative estimate of drug-likeness (QED) is 0.186. The van der Waals surface area contributed by atoms with Gasteiger partial charge in [-0.15, -0.1) is 0 Å². The standard InChI is InChI=1S/C29H49IO2/c1-18(2)8-7-9-19(3)23-12-13-24-22-11-10-21-16-26(30)27(32-20(4)31)17-29(21,6)25(22)14-15-28(23,24)5/h18-19,21-27H,7-17H2,1-6H3/t19-,21+,22?,23?,24?,25?,26+,27?,28?,29?/m1/s1. The fourth-order valence-electron chi connectivity index (χ4n) is 9.58. The number of carbonyl (C=O) groups excluding carboxylic acids is 1. The summed E-state index contributed by atoms with van der Waals surface area (Å²) in [5, 5.41) is 0. The van der Waals surface area contributed by atoms with Crippen LogP contribution in [0.1, 0.15) is 112 Å². The molecule has 4 aliphatic carbocycles. The molecule has 0 saturated heterocycles. The van der Waals surface area contributed by atoms with E-state index in [4.69, 9.17) is 4.74 Å². The van der Waals surface area contributed by atoms with Gasteiger partial charge in [0.05, 0.1) is 0 Å². The molecule has 4 saturated carbocycles. The van der Waals surface area contributed by atoms with Crippen LogP contribution in [0, 0.1) is 52.3 Å². The van der Waals surface area contributed by atoms with Gasteiger partial charge in [-0.05, 0) is 104 Å². The van der Waals surface area contributed by atoms with Crippen LogP contribution in [0.15, 0.2) is 0 Å². The average molecular weight is 557 g/mol. The lowest BCUT2D eigenvalue weighted by Gasteiger charge is -2.62. The number of hydrogen-bond donors (Lipinski definition) is 0. The van der Waals surface area contributed by atoms with Crippen LogP contribution in [0.4, 0.5) is 0 Å². The highest BCUT2D eigenvalue weighted by molar-refractivity contribution is 14.1. The second kappa shape index (κ2) is 9.69. The third kappa shape index (κ3) is 4.55. The van der Waals surface area contributed by atoms with Crippen molar-refractivity contribution in [1.82, 2.24) is 0 Å². The van der Waals surface area contributed by atoms with Crippen molar-refractivity contribution in [3.8, 4) is 0 Å². The fraction of sp³-hybridized carbons (Fsp3) is 0.966. The average Bonchev–Trinajstić information content (AvgIpc) is 3.05. The van der Waals surface area contributed by atoms with E-state index in [1.54, 1.807) is 6.92 Å². The lowest BCUT2D eigenvalue weighted by molar-refractivity contribution is -0.161. The molecule has 32 heavy (non-hydrogen) atoms. The molecule has 0 aromatic rings. The van der Waals surface area contributed by atoms with Gasteiger partial charge in [-0.25, -0.2) is 0 Å². The molecule has 0 N–H and O–H groups in total. The third-order valence-electron chi connectivity index (χ3n) is 11.1. The van der Waals surface area contributed by atoms with Gasteiger partial charge >= 0.3 is 5.97 Å². The minimum Gasteiger partial charge on any atom is -0.461 e. The number of esters is 1. The lowest BCUT2D eigenvalue weighted by atomic mass is 9.44. The maximum atomic E-state index is 11.8. The Morgan fingerprint density at radius 2 is 1.72 bits per heavy atom. The van der Waals surface area contributed by atoms with Gasteiger partial charge < -0.3 is 4.74 Å². The molecule has 0 aromatic carbocycles. The van der Waals surface area contributed by atoms with E-state index >= 15 is 0 Å². The van der Waals surface area contributed by atoms with Crippen molar-refractivity contribution in [3.63, 3.8) is 0 Å². The molecule has 0 radical (unpaired) electrons. The van der Waals surface area contributed by atoms with Crippen LogP contribution in [-0.4, -0.2) is 16.0 Å². The molecule has 0 bridgehead atoms. The van der Waals surface area contributed by atoms with E-state index < -0.39 is 0 Å². The fourth-order valence-corrected chi connectivity index (χ4v) is 10.6. The Morgan fingerprint density at radius 1 is 1.00 bits per heavy atom. The Balaban J connectivity index is 1.48. The van der Waals surface area contributed by atoms with Gasteiger partial charge in [-0.3, -0.25) is 4.79 Å². The molecule has 0 spiro atoms. The summed E-state index contributed by atoms with van der Waals surface area (Å²) >= 11 is 2.57. The Morgan fingerprint density at radius 3 is 2.41 bits per heavy atom. The zero-order valence-corrected chi connectivity index (χ0v) is 23.8. The van der Waals surface area contributed by atoms with Crippen LogP contribution in [0.5, 0.6) is 0 Å². The van der Waals surface area contributed by atoms with E-state index in [1.165, 1.54) is 64.2 Å². The zero-order chi connectivity index (χ0) is 23.3. The summed E-state index contributed by atoms with van der Waals surface area (Å²) in [6.45, 7) is 14.2. The third-order valence-corrected chi connectivity index (χ3v) is 12.4. The highest BCUT2D eigenvalue weighted by Crippen LogP contribution is 2.68. The van der Waals surface area contributed by atoms with Gasteiger partial charge in [0.2, 0.25) is 0 Å². The molecule has 0 heterocycles. The molecule has 0 aromatic heterocycles. The maximum absolute atomic E-state index is 11.8. The van der Waals surface area contributed by atoms with Crippen molar-refractivity contribution < 1.29 is 9.53 Å². The topological polar surface area (TPSA) is 26.3 Å². The highest BCUT2D eigenvalue weighted by Gasteiger charge is 2.61. The van der Waals surface area contributed by atoms with Crippen LogP contribution in [0.2, 0.25) is 0 Å². The molecule has 4 rings (SSSR count). The first kappa shape index (κ1) is 25.3. The van der Waals surface area contributed by atoms with Crippen LogP contribution in [0.25, 0.3) is 0 Å². The van der Waals surface area contributed by atoms with Crippen LogP contribution in [0.3, 0.4) is 0 Å². The van der Waals surface area contributed by atoms with Crippen molar-refractivity contribution >= 4 is 28.6 Å². The highest BCUT2D eigenvalue weighted by atomic mass is 127. The van der Waals surface area contributed by atoms with Gasteiger partial charge in [-0.2, -0.15) is 0 Å². The summed E-state index contributed by atoms with van der Waals surface area (Å²) in [4.78, 5) is 11.8. The number of fused-ring (bicyclic) bond motifs is 5.